The van der Waals surface area contributed by atoms with Gasteiger partial charge in [0, 0.05) is 12.6 Å². The van der Waals surface area contributed by atoms with Gasteiger partial charge >= 0.3 is 0 Å². The molecule has 0 bridgehead atoms. The molecule has 2 heteroatoms. The van der Waals surface area contributed by atoms with Crippen LogP contribution in [0.1, 0.15) is 33.6 Å². The predicted octanol–water partition coefficient (Wildman–Crippen LogP) is 1.80. The van der Waals surface area contributed by atoms with E-state index in [-0.39, 0.29) is 0 Å². The molecule has 1 N–H and O–H groups in total. The minimum atomic E-state index is 0.541. The molecule has 1 aliphatic carbocycles. The summed E-state index contributed by atoms with van der Waals surface area (Å²) in [5.74, 6) is 0.760. The van der Waals surface area contributed by atoms with E-state index in [9.17, 15) is 0 Å². The van der Waals surface area contributed by atoms with Gasteiger partial charge < -0.3 is 10.1 Å². The molecule has 1 rings (SSSR count). The summed E-state index contributed by atoms with van der Waals surface area (Å²) in [6.45, 7) is 8.55. The molecule has 1 fully saturated rings. The van der Waals surface area contributed by atoms with E-state index in [1.54, 1.807) is 0 Å². The summed E-state index contributed by atoms with van der Waals surface area (Å²) >= 11 is 0. The van der Waals surface area contributed by atoms with E-state index in [2.05, 4.69) is 26.1 Å². The Bertz CT molecular complexity index is 119. The van der Waals surface area contributed by atoms with E-state index in [1.807, 2.05) is 0 Å². The summed E-state index contributed by atoms with van der Waals surface area (Å²) in [7, 11) is 0. The fourth-order valence-corrected chi connectivity index (χ4v) is 1.51. The van der Waals surface area contributed by atoms with Crippen molar-refractivity contribution >= 4 is 0 Å². The molecule has 0 heterocycles. The Morgan fingerprint density at radius 1 is 1.42 bits per heavy atom. The van der Waals surface area contributed by atoms with Gasteiger partial charge in [-0.25, -0.2) is 0 Å². The van der Waals surface area contributed by atoms with Gasteiger partial charge in [-0.3, -0.25) is 0 Å². The molecule has 0 aromatic carbocycles. The lowest BCUT2D eigenvalue weighted by Crippen LogP contribution is -2.46. The van der Waals surface area contributed by atoms with Crippen LogP contribution in [0.25, 0.3) is 0 Å². The number of nitrogens with one attached hydrogen (secondary N) is 1. The second-order valence-corrected chi connectivity index (χ2v) is 4.05. The van der Waals surface area contributed by atoms with Crippen LogP contribution in [-0.4, -0.2) is 25.3 Å². The van der Waals surface area contributed by atoms with Gasteiger partial charge in [0.2, 0.25) is 0 Å². The van der Waals surface area contributed by atoms with Crippen molar-refractivity contribution in [2.75, 3.05) is 13.2 Å². The fourth-order valence-electron chi connectivity index (χ4n) is 1.51. The van der Waals surface area contributed by atoms with Crippen LogP contribution in [-0.2, 0) is 4.74 Å². The summed E-state index contributed by atoms with van der Waals surface area (Å²) in [5, 5.41) is 3.53. The third kappa shape index (κ3) is 3.11. The number of rotatable bonds is 5. The first-order valence-corrected chi connectivity index (χ1v) is 5.07. The number of hydrogen-bond acceptors (Lipinski definition) is 2. The lowest BCUT2D eigenvalue weighted by Gasteiger charge is -2.36. The Balaban J connectivity index is 1.95. The SMILES string of the molecule is CCOC1CC(NCC(C)C)C1. The second-order valence-electron chi connectivity index (χ2n) is 4.05. The highest BCUT2D eigenvalue weighted by Gasteiger charge is 2.28. The molecule has 0 aliphatic heterocycles. The van der Waals surface area contributed by atoms with Gasteiger partial charge in [-0.15, -0.1) is 0 Å². The van der Waals surface area contributed by atoms with E-state index in [0.717, 1.165) is 25.1 Å². The molecule has 12 heavy (non-hydrogen) atoms. The Labute approximate surface area is 75.7 Å². The quantitative estimate of drug-likeness (QED) is 0.681. The Morgan fingerprint density at radius 3 is 2.58 bits per heavy atom. The smallest absolute Gasteiger partial charge is 0.0604 e. The molecule has 0 aromatic heterocycles. The summed E-state index contributed by atoms with van der Waals surface area (Å²) in [4.78, 5) is 0. The maximum absolute atomic E-state index is 5.47. The molecule has 0 atom stereocenters. The zero-order chi connectivity index (χ0) is 8.97. The van der Waals surface area contributed by atoms with Crippen molar-refractivity contribution in [1.29, 1.82) is 0 Å². The maximum atomic E-state index is 5.47. The Hall–Kier alpha value is -0.0800. The molecule has 1 saturated carbocycles. The van der Waals surface area contributed by atoms with Crippen LogP contribution in [0.4, 0.5) is 0 Å². The Morgan fingerprint density at radius 2 is 2.08 bits per heavy atom. The van der Waals surface area contributed by atoms with Crippen molar-refractivity contribution in [3.05, 3.63) is 0 Å². The van der Waals surface area contributed by atoms with Crippen molar-refractivity contribution in [3.63, 3.8) is 0 Å². The molecule has 1 aliphatic rings. The van der Waals surface area contributed by atoms with Gasteiger partial charge in [0.05, 0.1) is 6.10 Å². The number of hydrogen-bond donors (Lipinski definition) is 1. The molecule has 0 radical (unpaired) electrons. The minimum Gasteiger partial charge on any atom is -0.378 e. The molecule has 0 saturated heterocycles. The first-order chi connectivity index (χ1) is 5.72. The van der Waals surface area contributed by atoms with E-state index >= 15 is 0 Å². The van der Waals surface area contributed by atoms with Crippen LogP contribution >= 0.6 is 0 Å². The standard InChI is InChI=1S/C10H21NO/c1-4-12-10-5-9(6-10)11-7-8(2)3/h8-11H,4-7H2,1-3H3. The van der Waals surface area contributed by atoms with Crippen molar-refractivity contribution < 1.29 is 4.74 Å². The van der Waals surface area contributed by atoms with Gasteiger partial charge in [0.15, 0.2) is 0 Å². The zero-order valence-corrected chi connectivity index (χ0v) is 8.47. The van der Waals surface area contributed by atoms with Crippen LogP contribution in [0.2, 0.25) is 0 Å². The predicted molar refractivity (Wildman–Crippen MR) is 51.3 cm³/mol. The lowest BCUT2D eigenvalue weighted by molar-refractivity contribution is -0.0103. The highest BCUT2D eigenvalue weighted by atomic mass is 16.5. The third-order valence-corrected chi connectivity index (χ3v) is 2.31. The van der Waals surface area contributed by atoms with E-state index in [4.69, 9.17) is 4.74 Å². The van der Waals surface area contributed by atoms with Crippen LogP contribution in [0, 0.1) is 5.92 Å². The van der Waals surface area contributed by atoms with E-state index in [1.165, 1.54) is 12.8 Å². The summed E-state index contributed by atoms with van der Waals surface area (Å²) < 4.78 is 5.47. The van der Waals surface area contributed by atoms with Gasteiger partial charge in [0.25, 0.3) is 0 Å². The monoisotopic (exact) mass is 171 g/mol. The van der Waals surface area contributed by atoms with E-state index in [0.29, 0.717) is 6.10 Å². The van der Waals surface area contributed by atoms with Gasteiger partial charge in [-0.2, -0.15) is 0 Å². The molecular formula is C10H21NO. The fraction of sp³-hybridized carbons (Fsp3) is 1.00. The van der Waals surface area contributed by atoms with Crippen molar-refractivity contribution in [2.45, 2.75) is 45.8 Å². The number of ether oxygens (including phenoxy) is 1. The minimum absolute atomic E-state index is 0.541. The van der Waals surface area contributed by atoms with Crippen molar-refractivity contribution in [2.24, 2.45) is 5.92 Å². The van der Waals surface area contributed by atoms with Gasteiger partial charge in [-0.1, -0.05) is 13.8 Å². The molecule has 72 valence electrons. The first kappa shape index (κ1) is 10.0. The normalized spacial score (nSPS) is 29.0. The highest BCUT2D eigenvalue weighted by molar-refractivity contribution is 4.85. The molecule has 0 spiro atoms. The van der Waals surface area contributed by atoms with Crippen LogP contribution in [0.15, 0.2) is 0 Å². The summed E-state index contributed by atoms with van der Waals surface area (Å²) in [6.07, 6.45) is 2.96. The second kappa shape index (κ2) is 4.83. The van der Waals surface area contributed by atoms with Crippen LogP contribution in [0.3, 0.4) is 0 Å². The average molecular weight is 171 g/mol. The highest BCUT2D eigenvalue weighted by Crippen LogP contribution is 2.23. The maximum Gasteiger partial charge on any atom is 0.0604 e. The third-order valence-electron chi connectivity index (χ3n) is 2.31. The van der Waals surface area contributed by atoms with Gasteiger partial charge in [-0.05, 0) is 32.2 Å². The molecule has 0 aromatic rings. The zero-order valence-electron chi connectivity index (χ0n) is 8.47. The van der Waals surface area contributed by atoms with Gasteiger partial charge in [0.1, 0.15) is 0 Å². The summed E-state index contributed by atoms with van der Waals surface area (Å²) in [5.41, 5.74) is 0. The molecule has 0 amide bonds. The molecular weight excluding hydrogens is 150 g/mol. The van der Waals surface area contributed by atoms with Crippen molar-refractivity contribution in [3.8, 4) is 0 Å². The largest absolute Gasteiger partial charge is 0.378 e. The topological polar surface area (TPSA) is 21.3 Å². The summed E-state index contributed by atoms with van der Waals surface area (Å²) in [6, 6.07) is 0.726. The molecule has 2 nitrogen and oxygen atoms in total. The first-order valence-electron chi connectivity index (χ1n) is 5.07. The van der Waals surface area contributed by atoms with Crippen molar-refractivity contribution in [1.82, 2.24) is 5.32 Å². The molecule has 0 unspecified atom stereocenters. The average Bonchev–Trinajstić information content (AvgIpc) is 1.93. The van der Waals surface area contributed by atoms with Crippen LogP contribution in [0.5, 0.6) is 0 Å². The van der Waals surface area contributed by atoms with E-state index < -0.39 is 0 Å². The van der Waals surface area contributed by atoms with Crippen LogP contribution < -0.4 is 5.32 Å². The lowest BCUT2D eigenvalue weighted by atomic mass is 9.89. The Kier molecular flexibility index (Phi) is 4.02.